The van der Waals surface area contributed by atoms with Crippen LogP contribution in [0.25, 0.3) is 0 Å². The highest BCUT2D eigenvalue weighted by molar-refractivity contribution is 7.92. The third kappa shape index (κ3) is 4.55. The maximum absolute atomic E-state index is 13.2. The number of carbonyl (C=O) groups is 1. The number of sulfonamides is 1. The summed E-state index contributed by atoms with van der Waals surface area (Å²) in [5.74, 6) is 0.309. The van der Waals surface area contributed by atoms with E-state index in [0.717, 1.165) is 4.31 Å². The first-order valence-corrected chi connectivity index (χ1v) is 11.3. The number of carbonyl (C=O) groups excluding carboxylic acids is 1. The van der Waals surface area contributed by atoms with Gasteiger partial charge in [-0.2, -0.15) is 0 Å². The smallest absolute Gasteiger partial charge is 0.264 e. The number of hydrogen-bond donors (Lipinski definition) is 0. The SMILES string of the molecule is COc1ccc(N(C)S(=O)(=O)c2ccc(Cl)c(C(=O)N3C[C@H](C)O[C@@H](C)C3)c2)cc1. The molecule has 0 saturated carbocycles. The molecule has 9 heteroatoms. The number of benzene rings is 2. The molecule has 1 aliphatic heterocycles. The van der Waals surface area contributed by atoms with Gasteiger partial charge in [0.2, 0.25) is 0 Å². The van der Waals surface area contributed by atoms with Crippen molar-refractivity contribution >= 4 is 33.2 Å². The molecule has 1 fully saturated rings. The number of anilines is 1. The molecular weight excluding hydrogens is 428 g/mol. The van der Waals surface area contributed by atoms with Crippen LogP contribution >= 0.6 is 11.6 Å². The number of halogens is 1. The van der Waals surface area contributed by atoms with Gasteiger partial charge in [-0.25, -0.2) is 8.42 Å². The minimum atomic E-state index is -3.90. The van der Waals surface area contributed by atoms with Crippen molar-refractivity contribution in [3.63, 3.8) is 0 Å². The summed E-state index contributed by atoms with van der Waals surface area (Å²) in [7, 11) is -0.902. The van der Waals surface area contributed by atoms with Crippen LogP contribution in [0.15, 0.2) is 47.4 Å². The van der Waals surface area contributed by atoms with Crippen molar-refractivity contribution < 1.29 is 22.7 Å². The fraction of sp³-hybridized carbons (Fsp3) is 0.381. The van der Waals surface area contributed by atoms with Crippen molar-refractivity contribution in [2.45, 2.75) is 31.0 Å². The second-order valence-electron chi connectivity index (χ2n) is 7.28. The summed E-state index contributed by atoms with van der Waals surface area (Å²) in [4.78, 5) is 14.7. The largest absolute Gasteiger partial charge is 0.497 e. The van der Waals surface area contributed by atoms with E-state index in [2.05, 4.69) is 0 Å². The molecule has 0 N–H and O–H groups in total. The predicted octanol–water partition coefficient (Wildman–Crippen LogP) is 3.42. The second-order valence-corrected chi connectivity index (χ2v) is 9.66. The van der Waals surface area contributed by atoms with E-state index < -0.39 is 10.0 Å². The van der Waals surface area contributed by atoms with Gasteiger partial charge in [-0.15, -0.1) is 0 Å². The quantitative estimate of drug-likeness (QED) is 0.694. The van der Waals surface area contributed by atoms with Crippen LogP contribution in [-0.4, -0.2) is 58.7 Å². The average molecular weight is 453 g/mol. The van der Waals surface area contributed by atoms with Crippen LogP contribution in [0.5, 0.6) is 5.75 Å². The molecule has 1 heterocycles. The first kappa shape index (κ1) is 22.4. The van der Waals surface area contributed by atoms with Gasteiger partial charge < -0.3 is 14.4 Å². The van der Waals surface area contributed by atoms with E-state index >= 15 is 0 Å². The number of rotatable bonds is 5. The number of amides is 1. The first-order chi connectivity index (χ1) is 14.1. The fourth-order valence-corrected chi connectivity index (χ4v) is 4.85. The molecule has 1 aliphatic rings. The van der Waals surface area contributed by atoms with Crippen molar-refractivity contribution in [1.29, 1.82) is 0 Å². The molecule has 0 spiro atoms. The summed E-state index contributed by atoms with van der Waals surface area (Å²) in [6, 6.07) is 10.8. The zero-order valence-corrected chi connectivity index (χ0v) is 18.9. The summed E-state index contributed by atoms with van der Waals surface area (Å²) in [6.07, 6.45) is -0.214. The average Bonchev–Trinajstić information content (AvgIpc) is 2.72. The van der Waals surface area contributed by atoms with Gasteiger partial charge in [0.1, 0.15) is 5.75 Å². The summed E-state index contributed by atoms with van der Waals surface area (Å²) >= 11 is 6.26. The number of ether oxygens (including phenoxy) is 2. The number of morpholine rings is 1. The van der Waals surface area contributed by atoms with Gasteiger partial charge in [0.15, 0.2) is 0 Å². The monoisotopic (exact) mass is 452 g/mol. The Kier molecular flexibility index (Phi) is 6.59. The van der Waals surface area contributed by atoms with Gasteiger partial charge in [0.25, 0.3) is 15.9 Å². The van der Waals surface area contributed by atoms with Crippen LogP contribution in [0.1, 0.15) is 24.2 Å². The maximum Gasteiger partial charge on any atom is 0.264 e. The van der Waals surface area contributed by atoms with Crippen molar-refractivity contribution in [3.05, 3.63) is 53.1 Å². The summed E-state index contributed by atoms with van der Waals surface area (Å²) in [6.45, 7) is 4.62. The number of nitrogens with zero attached hydrogens (tertiary/aromatic N) is 2. The Balaban J connectivity index is 1.91. The van der Waals surface area contributed by atoms with Gasteiger partial charge in [-0.1, -0.05) is 11.6 Å². The predicted molar refractivity (Wildman–Crippen MR) is 116 cm³/mol. The van der Waals surface area contributed by atoms with E-state index in [-0.39, 0.29) is 33.6 Å². The van der Waals surface area contributed by atoms with Gasteiger partial charge in [0.05, 0.1) is 40.5 Å². The molecule has 7 nitrogen and oxygen atoms in total. The van der Waals surface area contributed by atoms with Crippen molar-refractivity contribution in [2.24, 2.45) is 0 Å². The zero-order valence-electron chi connectivity index (χ0n) is 17.3. The Hall–Kier alpha value is -2.29. The summed E-state index contributed by atoms with van der Waals surface area (Å²) in [5.41, 5.74) is 0.622. The zero-order chi connectivity index (χ0) is 22.1. The van der Waals surface area contributed by atoms with Crippen molar-refractivity contribution in [1.82, 2.24) is 4.90 Å². The lowest BCUT2D eigenvalue weighted by atomic mass is 10.1. The standard InChI is InChI=1S/C21H25ClN2O5S/c1-14-12-24(13-15(2)29-14)21(25)19-11-18(9-10-20(19)22)30(26,27)23(3)16-5-7-17(28-4)8-6-16/h5-11,14-15H,12-13H2,1-4H3/t14-,15-/m0/s1. The van der Waals surface area contributed by atoms with E-state index in [0.29, 0.717) is 24.5 Å². The topological polar surface area (TPSA) is 76.2 Å². The van der Waals surface area contributed by atoms with E-state index in [4.69, 9.17) is 21.1 Å². The van der Waals surface area contributed by atoms with Crippen LogP contribution < -0.4 is 9.04 Å². The summed E-state index contributed by atoms with van der Waals surface area (Å²) in [5, 5.41) is 0.206. The second kappa shape index (κ2) is 8.83. The third-order valence-electron chi connectivity index (χ3n) is 4.97. The molecule has 0 aliphatic carbocycles. The molecule has 0 unspecified atom stereocenters. The highest BCUT2D eigenvalue weighted by atomic mass is 35.5. The van der Waals surface area contributed by atoms with Crippen LogP contribution in [0, 0.1) is 0 Å². The molecule has 2 aromatic carbocycles. The lowest BCUT2D eigenvalue weighted by molar-refractivity contribution is -0.0586. The number of hydrogen-bond acceptors (Lipinski definition) is 5. The highest BCUT2D eigenvalue weighted by Gasteiger charge is 2.29. The minimum Gasteiger partial charge on any atom is -0.497 e. The maximum atomic E-state index is 13.2. The lowest BCUT2D eigenvalue weighted by Crippen LogP contribution is -2.48. The van der Waals surface area contributed by atoms with Crippen LogP contribution in [0.3, 0.4) is 0 Å². The van der Waals surface area contributed by atoms with Gasteiger partial charge in [-0.3, -0.25) is 9.10 Å². The number of methoxy groups -OCH3 is 1. The van der Waals surface area contributed by atoms with Crippen LogP contribution in [0.2, 0.25) is 5.02 Å². The van der Waals surface area contributed by atoms with E-state index in [1.807, 2.05) is 13.8 Å². The third-order valence-corrected chi connectivity index (χ3v) is 7.08. The fourth-order valence-electron chi connectivity index (χ4n) is 3.43. The molecule has 2 atom stereocenters. The molecule has 30 heavy (non-hydrogen) atoms. The van der Waals surface area contributed by atoms with Gasteiger partial charge in [0, 0.05) is 20.1 Å². The van der Waals surface area contributed by atoms with Gasteiger partial charge >= 0.3 is 0 Å². The van der Waals surface area contributed by atoms with Crippen molar-refractivity contribution in [2.75, 3.05) is 31.6 Å². The Labute approximate surface area is 182 Å². The molecular formula is C21H25ClN2O5S. The Morgan fingerprint density at radius 3 is 2.30 bits per heavy atom. The Bertz CT molecular complexity index is 1020. The van der Waals surface area contributed by atoms with E-state index in [9.17, 15) is 13.2 Å². The van der Waals surface area contributed by atoms with E-state index in [1.54, 1.807) is 29.2 Å². The van der Waals surface area contributed by atoms with Crippen LogP contribution in [-0.2, 0) is 14.8 Å². The summed E-state index contributed by atoms with van der Waals surface area (Å²) < 4.78 is 38.3. The van der Waals surface area contributed by atoms with Gasteiger partial charge in [-0.05, 0) is 56.3 Å². The molecule has 0 bridgehead atoms. The molecule has 162 valence electrons. The first-order valence-electron chi connectivity index (χ1n) is 9.50. The lowest BCUT2D eigenvalue weighted by Gasteiger charge is -2.35. The van der Waals surface area contributed by atoms with Crippen molar-refractivity contribution in [3.8, 4) is 5.75 Å². The molecule has 1 amide bonds. The Morgan fingerprint density at radius 2 is 1.73 bits per heavy atom. The molecule has 3 rings (SSSR count). The molecule has 0 aromatic heterocycles. The normalized spacial score (nSPS) is 19.4. The van der Waals surface area contributed by atoms with E-state index in [1.165, 1.54) is 32.4 Å². The van der Waals surface area contributed by atoms with Crippen LogP contribution in [0.4, 0.5) is 5.69 Å². The molecule has 0 radical (unpaired) electrons. The molecule has 1 saturated heterocycles. The molecule has 2 aromatic rings. The Morgan fingerprint density at radius 1 is 1.13 bits per heavy atom. The highest BCUT2D eigenvalue weighted by Crippen LogP contribution is 2.28. The minimum absolute atomic E-state index is 0.0112.